The standard InChI is InChI=1S/C12H8O/c1-3-7-11-9(5-1)10-6-2-4-8-12(10)13-11/h1-8H/i1D,2D,3D,4D,5D,7D. The van der Waals surface area contributed by atoms with Crippen LogP contribution in [0.1, 0.15) is 8.22 Å². The number of hydrogen-bond acceptors (Lipinski definition) is 1. The minimum atomic E-state index is -0.353. The maximum Gasteiger partial charge on any atom is 0.135 e. The van der Waals surface area contributed by atoms with Gasteiger partial charge >= 0.3 is 0 Å². The van der Waals surface area contributed by atoms with Crippen LogP contribution in [0.4, 0.5) is 0 Å². The van der Waals surface area contributed by atoms with Gasteiger partial charge in [-0.3, -0.25) is 0 Å². The Labute approximate surface area is 84.0 Å². The lowest BCUT2D eigenvalue weighted by atomic mass is 10.2. The van der Waals surface area contributed by atoms with Gasteiger partial charge < -0.3 is 4.42 Å². The topological polar surface area (TPSA) is 13.1 Å². The number of para-hydroxylation sites is 2. The lowest BCUT2D eigenvalue weighted by Gasteiger charge is -1.85. The van der Waals surface area contributed by atoms with E-state index in [1.54, 1.807) is 0 Å². The monoisotopic (exact) mass is 174 g/mol. The molecule has 0 spiro atoms. The zero-order valence-electron chi connectivity index (χ0n) is 12.6. The predicted octanol–water partition coefficient (Wildman–Crippen LogP) is 3.59. The van der Waals surface area contributed by atoms with Crippen LogP contribution in [0.3, 0.4) is 0 Å². The van der Waals surface area contributed by atoms with E-state index in [2.05, 4.69) is 0 Å². The molecule has 0 unspecified atom stereocenters. The van der Waals surface area contributed by atoms with Crippen molar-refractivity contribution in [3.63, 3.8) is 0 Å². The van der Waals surface area contributed by atoms with Gasteiger partial charge in [0.25, 0.3) is 0 Å². The molecule has 0 amide bonds. The third-order valence-corrected chi connectivity index (χ3v) is 1.90. The van der Waals surface area contributed by atoms with Gasteiger partial charge in [-0.25, -0.2) is 0 Å². The molecule has 3 aromatic rings. The van der Waals surface area contributed by atoms with E-state index >= 15 is 0 Å². The minimum absolute atomic E-state index is 0.0115. The Kier molecular flexibility index (Phi) is 0.578. The maximum absolute atomic E-state index is 7.89. The highest BCUT2D eigenvalue weighted by atomic mass is 16.3. The Morgan fingerprint density at radius 1 is 0.846 bits per heavy atom. The van der Waals surface area contributed by atoms with Crippen molar-refractivity contribution in [1.82, 2.24) is 0 Å². The molecule has 0 aliphatic carbocycles. The fourth-order valence-corrected chi connectivity index (χ4v) is 1.33. The third kappa shape index (κ3) is 0.872. The van der Waals surface area contributed by atoms with E-state index in [4.69, 9.17) is 12.6 Å². The first-order valence-corrected chi connectivity index (χ1v) is 3.81. The Bertz CT molecular complexity index is 836. The van der Waals surface area contributed by atoms with Crippen LogP contribution in [-0.4, -0.2) is 0 Å². The van der Waals surface area contributed by atoms with Gasteiger partial charge in [-0.2, -0.15) is 0 Å². The van der Waals surface area contributed by atoms with Gasteiger partial charge in [-0.05, 0) is 12.1 Å². The molecule has 0 radical (unpaired) electrons. The summed E-state index contributed by atoms with van der Waals surface area (Å²) in [7, 11) is 0. The second-order valence-corrected chi connectivity index (χ2v) is 2.66. The van der Waals surface area contributed by atoms with Gasteiger partial charge in [0.1, 0.15) is 11.2 Å². The van der Waals surface area contributed by atoms with Crippen LogP contribution in [0.25, 0.3) is 21.9 Å². The number of benzene rings is 2. The van der Waals surface area contributed by atoms with Crippen molar-refractivity contribution < 1.29 is 12.6 Å². The van der Waals surface area contributed by atoms with Crippen LogP contribution in [0.15, 0.2) is 52.8 Å². The normalized spacial score (nSPS) is 17.5. The fourth-order valence-electron chi connectivity index (χ4n) is 1.33. The maximum atomic E-state index is 7.89. The van der Waals surface area contributed by atoms with Gasteiger partial charge in [0.05, 0.1) is 8.22 Å². The van der Waals surface area contributed by atoms with Crippen LogP contribution in [-0.2, 0) is 0 Å². The van der Waals surface area contributed by atoms with E-state index in [1.807, 2.05) is 0 Å². The van der Waals surface area contributed by atoms with Crippen molar-refractivity contribution in [3.05, 3.63) is 48.4 Å². The average Bonchev–Trinajstić information content (AvgIpc) is 2.73. The van der Waals surface area contributed by atoms with Gasteiger partial charge in [-0.1, -0.05) is 36.3 Å². The molecule has 3 rings (SSSR count). The molecule has 0 saturated carbocycles. The Hall–Kier alpha value is -1.76. The molecule has 62 valence electrons. The molecule has 0 aliphatic rings. The van der Waals surface area contributed by atoms with E-state index in [-0.39, 0.29) is 47.2 Å². The third-order valence-electron chi connectivity index (χ3n) is 1.90. The summed E-state index contributed by atoms with van der Waals surface area (Å²) in [5.41, 5.74) is 0.356. The minimum Gasteiger partial charge on any atom is -0.456 e. The Morgan fingerprint density at radius 3 is 2.69 bits per heavy atom. The molecule has 1 aromatic heterocycles. The van der Waals surface area contributed by atoms with E-state index < -0.39 is 0 Å². The van der Waals surface area contributed by atoms with Crippen LogP contribution in [0.2, 0.25) is 0 Å². The van der Waals surface area contributed by atoms with Gasteiger partial charge in [0, 0.05) is 10.8 Å². The number of furan rings is 1. The summed E-state index contributed by atoms with van der Waals surface area (Å²) < 4.78 is 51.5. The fraction of sp³-hybridized carbons (Fsp3) is 0. The van der Waals surface area contributed by atoms with Crippen molar-refractivity contribution in [1.29, 1.82) is 0 Å². The second kappa shape index (κ2) is 2.36. The number of hydrogen-bond donors (Lipinski definition) is 0. The molecule has 0 aliphatic heterocycles. The Morgan fingerprint density at radius 2 is 1.69 bits per heavy atom. The largest absolute Gasteiger partial charge is 0.456 e. The van der Waals surface area contributed by atoms with Crippen LogP contribution >= 0.6 is 0 Å². The zero-order valence-corrected chi connectivity index (χ0v) is 6.56. The van der Waals surface area contributed by atoms with Crippen molar-refractivity contribution in [2.75, 3.05) is 0 Å². The second-order valence-electron chi connectivity index (χ2n) is 2.66. The summed E-state index contributed by atoms with van der Waals surface area (Å²) in [5.74, 6) is 0. The molecule has 0 fully saturated rings. The summed E-state index contributed by atoms with van der Waals surface area (Å²) in [6.07, 6.45) is 0. The molecule has 1 heterocycles. The molecule has 1 nitrogen and oxygen atoms in total. The molecule has 0 atom stereocenters. The average molecular weight is 174 g/mol. The number of fused-ring (bicyclic) bond motifs is 3. The van der Waals surface area contributed by atoms with Crippen molar-refractivity contribution >= 4 is 21.9 Å². The Balaban J connectivity index is 2.63. The summed E-state index contributed by atoms with van der Waals surface area (Å²) >= 11 is 0. The molecular weight excluding hydrogens is 160 g/mol. The lowest BCUT2D eigenvalue weighted by molar-refractivity contribution is 0.669. The lowest BCUT2D eigenvalue weighted by Crippen LogP contribution is -1.62. The van der Waals surface area contributed by atoms with E-state index in [9.17, 15) is 0 Å². The molecule has 0 saturated heterocycles. The quantitative estimate of drug-likeness (QED) is 0.507. The zero-order chi connectivity index (χ0) is 13.9. The summed E-state index contributed by atoms with van der Waals surface area (Å²) in [4.78, 5) is 0. The SMILES string of the molecule is [2H]c1cc2oc3c([2H])c([2H])c([2H])c([2H])c3c2cc1[2H]. The van der Waals surface area contributed by atoms with Gasteiger partial charge in [0.15, 0.2) is 0 Å². The predicted molar refractivity (Wildman–Crippen MR) is 53.7 cm³/mol. The first-order valence-electron chi connectivity index (χ1n) is 6.81. The van der Waals surface area contributed by atoms with Crippen LogP contribution in [0.5, 0.6) is 0 Å². The molecule has 2 aromatic carbocycles. The van der Waals surface area contributed by atoms with Crippen LogP contribution in [0, 0.1) is 0 Å². The molecule has 0 N–H and O–H groups in total. The highest BCUT2D eigenvalue weighted by Gasteiger charge is 2.02. The van der Waals surface area contributed by atoms with Crippen molar-refractivity contribution in [2.24, 2.45) is 0 Å². The van der Waals surface area contributed by atoms with Crippen molar-refractivity contribution in [2.45, 2.75) is 0 Å². The first kappa shape index (κ1) is 3.18. The highest BCUT2D eigenvalue weighted by molar-refractivity contribution is 6.04. The van der Waals surface area contributed by atoms with Gasteiger partial charge in [-0.15, -0.1) is 0 Å². The van der Waals surface area contributed by atoms with E-state index in [0.717, 1.165) is 0 Å². The van der Waals surface area contributed by atoms with E-state index in [1.165, 1.54) is 12.1 Å². The summed E-state index contributed by atoms with van der Waals surface area (Å²) in [5, 5.41) is 0.692. The molecular formula is C12H8O. The first-order chi connectivity index (χ1) is 8.91. The van der Waals surface area contributed by atoms with Gasteiger partial charge in [0.2, 0.25) is 0 Å². The smallest absolute Gasteiger partial charge is 0.135 e. The molecule has 13 heavy (non-hydrogen) atoms. The summed E-state index contributed by atoms with van der Waals surface area (Å²) in [6, 6.07) is 1.60. The van der Waals surface area contributed by atoms with Crippen LogP contribution < -0.4 is 0 Å². The molecule has 0 bridgehead atoms. The van der Waals surface area contributed by atoms with Crippen molar-refractivity contribution in [3.8, 4) is 0 Å². The summed E-state index contributed by atoms with van der Waals surface area (Å²) in [6.45, 7) is 0. The van der Waals surface area contributed by atoms with E-state index in [0.29, 0.717) is 11.0 Å². The molecule has 1 heteroatoms. The number of rotatable bonds is 0. The highest BCUT2D eigenvalue weighted by Crippen LogP contribution is 2.27.